The standard InChI is InChI=1S/C16H30O5/c1-2-3-4-5-6-7-8-9-10-20-14(11-17)16-15(19)13(18)12-21-16/h9-10,13-19H,2-8,11-12H2,1H3/b10-9+/t13-,14+,15+,16+/m1/s1. The van der Waals surface area contributed by atoms with Gasteiger partial charge >= 0.3 is 0 Å². The van der Waals surface area contributed by atoms with Gasteiger partial charge in [0.25, 0.3) is 0 Å². The summed E-state index contributed by atoms with van der Waals surface area (Å²) >= 11 is 0. The molecular formula is C16H30O5. The third kappa shape index (κ3) is 6.78. The van der Waals surface area contributed by atoms with E-state index in [2.05, 4.69) is 6.92 Å². The van der Waals surface area contributed by atoms with Gasteiger partial charge in [0.1, 0.15) is 24.4 Å². The minimum atomic E-state index is -1.01. The van der Waals surface area contributed by atoms with Gasteiger partial charge in [0.05, 0.1) is 19.5 Å². The molecule has 0 aromatic heterocycles. The number of aliphatic hydroxyl groups excluding tert-OH is 3. The van der Waals surface area contributed by atoms with Crippen LogP contribution >= 0.6 is 0 Å². The van der Waals surface area contributed by atoms with E-state index in [-0.39, 0.29) is 13.2 Å². The van der Waals surface area contributed by atoms with Crippen LogP contribution in [0.25, 0.3) is 0 Å². The van der Waals surface area contributed by atoms with Crippen LogP contribution in [0.5, 0.6) is 0 Å². The lowest BCUT2D eigenvalue weighted by molar-refractivity contribution is -0.0737. The third-order valence-electron chi connectivity index (χ3n) is 3.81. The second kappa shape index (κ2) is 11.0. The minimum absolute atomic E-state index is 0.0766. The molecule has 4 atom stereocenters. The first-order valence-corrected chi connectivity index (χ1v) is 8.09. The zero-order chi connectivity index (χ0) is 15.5. The van der Waals surface area contributed by atoms with Crippen molar-refractivity contribution in [1.29, 1.82) is 0 Å². The first kappa shape index (κ1) is 18.4. The fourth-order valence-electron chi connectivity index (χ4n) is 2.44. The van der Waals surface area contributed by atoms with Crippen molar-refractivity contribution in [2.75, 3.05) is 13.2 Å². The Hall–Kier alpha value is -0.620. The zero-order valence-electron chi connectivity index (χ0n) is 13.0. The van der Waals surface area contributed by atoms with Gasteiger partial charge in [-0.3, -0.25) is 0 Å². The molecule has 1 aliphatic heterocycles. The summed E-state index contributed by atoms with van der Waals surface area (Å²) in [5.74, 6) is 0. The van der Waals surface area contributed by atoms with Crippen molar-refractivity contribution >= 4 is 0 Å². The Labute approximate surface area is 127 Å². The van der Waals surface area contributed by atoms with Crippen molar-refractivity contribution in [1.82, 2.24) is 0 Å². The second-order valence-corrected chi connectivity index (χ2v) is 5.64. The maximum absolute atomic E-state index is 9.71. The van der Waals surface area contributed by atoms with E-state index in [0.717, 1.165) is 12.8 Å². The van der Waals surface area contributed by atoms with E-state index in [0.29, 0.717) is 0 Å². The van der Waals surface area contributed by atoms with E-state index in [1.165, 1.54) is 32.1 Å². The molecule has 1 saturated heterocycles. The minimum Gasteiger partial charge on any atom is -0.493 e. The second-order valence-electron chi connectivity index (χ2n) is 5.64. The molecule has 5 heteroatoms. The monoisotopic (exact) mass is 302 g/mol. The van der Waals surface area contributed by atoms with Crippen LogP contribution in [0.2, 0.25) is 0 Å². The predicted octanol–water partition coefficient (Wildman–Crippen LogP) is 1.75. The Kier molecular flexibility index (Phi) is 9.67. The van der Waals surface area contributed by atoms with E-state index < -0.39 is 24.4 Å². The first-order chi connectivity index (χ1) is 10.2. The van der Waals surface area contributed by atoms with Crippen LogP contribution in [0.15, 0.2) is 12.3 Å². The van der Waals surface area contributed by atoms with Crippen molar-refractivity contribution < 1.29 is 24.8 Å². The molecule has 21 heavy (non-hydrogen) atoms. The van der Waals surface area contributed by atoms with E-state index in [4.69, 9.17) is 9.47 Å². The van der Waals surface area contributed by atoms with Crippen LogP contribution in [0.3, 0.4) is 0 Å². The SMILES string of the molecule is CCCCCCCC/C=C/O[C@@H](CO)[C@@H]1OC[C@@H](O)[C@@H]1O. The number of hydrogen-bond acceptors (Lipinski definition) is 5. The Balaban J connectivity index is 2.13. The summed E-state index contributed by atoms with van der Waals surface area (Å²) < 4.78 is 10.7. The molecule has 1 rings (SSSR count). The first-order valence-electron chi connectivity index (χ1n) is 8.09. The highest BCUT2D eigenvalue weighted by Gasteiger charge is 2.40. The molecule has 0 aliphatic carbocycles. The van der Waals surface area contributed by atoms with Crippen LogP contribution in [-0.2, 0) is 9.47 Å². The Morgan fingerprint density at radius 3 is 2.52 bits per heavy atom. The maximum Gasteiger partial charge on any atom is 0.149 e. The van der Waals surface area contributed by atoms with Gasteiger partial charge in [-0.15, -0.1) is 0 Å². The van der Waals surface area contributed by atoms with Gasteiger partial charge in [-0.05, 0) is 18.9 Å². The molecule has 1 fully saturated rings. The average molecular weight is 302 g/mol. The highest BCUT2D eigenvalue weighted by molar-refractivity contribution is 4.90. The Morgan fingerprint density at radius 2 is 1.90 bits per heavy atom. The van der Waals surface area contributed by atoms with Crippen molar-refractivity contribution in [3.05, 3.63) is 12.3 Å². The van der Waals surface area contributed by atoms with Crippen LogP contribution in [0.4, 0.5) is 0 Å². The number of aliphatic hydroxyl groups is 3. The zero-order valence-corrected chi connectivity index (χ0v) is 13.0. The van der Waals surface area contributed by atoms with Crippen molar-refractivity contribution in [3.8, 4) is 0 Å². The molecule has 5 nitrogen and oxygen atoms in total. The lowest BCUT2D eigenvalue weighted by atomic mass is 10.1. The molecule has 1 heterocycles. The fourth-order valence-corrected chi connectivity index (χ4v) is 2.44. The summed E-state index contributed by atoms with van der Waals surface area (Å²) in [6.45, 7) is 2.03. The largest absolute Gasteiger partial charge is 0.493 e. The third-order valence-corrected chi connectivity index (χ3v) is 3.81. The van der Waals surface area contributed by atoms with Crippen molar-refractivity contribution in [2.24, 2.45) is 0 Å². The summed E-state index contributed by atoms with van der Waals surface area (Å²) in [6, 6.07) is 0. The van der Waals surface area contributed by atoms with Crippen molar-refractivity contribution in [2.45, 2.75) is 76.3 Å². The fraction of sp³-hybridized carbons (Fsp3) is 0.875. The van der Waals surface area contributed by atoms with Crippen LogP contribution in [0, 0.1) is 0 Å². The summed E-state index contributed by atoms with van der Waals surface area (Å²) in [4.78, 5) is 0. The molecule has 124 valence electrons. The Morgan fingerprint density at radius 1 is 1.19 bits per heavy atom. The number of ether oxygens (including phenoxy) is 2. The molecule has 0 bridgehead atoms. The van der Waals surface area contributed by atoms with Gasteiger partial charge in [0, 0.05) is 0 Å². The maximum atomic E-state index is 9.71. The van der Waals surface area contributed by atoms with Crippen LogP contribution in [-0.4, -0.2) is 52.9 Å². The van der Waals surface area contributed by atoms with Gasteiger partial charge in [-0.1, -0.05) is 39.0 Å². The molecule has 0 radical (unpaired) electrons. The molecular weight excluding hydrogens is 272 g/mol. The smallest absolute Gasteiger partial charge is 0.149 e. The number of unbranched alkanes of at least 4 members (excludes halogenated alkanes) is 6. The van der Waals surface area contributed by atoms with Gasteiger partial charge in [-0.25, -0.2) is 0 Å². The summed E-state index contributed by atoms with van der Waals surface area (Å²) in [5, 5.41) is 28.4. The van der Waals surface area contributed by atoms with Gasteiger partial charge in [0.15, 0.2) is 0 Å². The highest BCUT2D eigenvalue weighted by atomic mass is 16.6. The van der Waals surface area contributed by atoms with Gasteiger partial charge in [-0.2, -0.15) is 0 Å². The average Bonchev–Trinajstić information content (AvgIpc) is 2.82. The van der Waals surface area contributed by atoms with Gasteiger partial charge in [0.2, 0.25) is 0 Å². The van der Waals surface area contributed by atoms with E-state index in [1.54, 1.807) is 6.26 Å². The number of hydrogen-bond donors (Lipinski definition) is 3. The molecule has 0 aromatic carbocycles. The van der Waals surface area contributed by atoms with Crippen LogP contribution in [0.1, 0.15) is 51.9 Å². The predicted molar refractivity (Wildman–Crippen MR) is 80.8 cm³/mol. The van der Waals surface area contributed by atoms with Gasteiger partial charge < -0.3 is 24.8 Å². The van der Waals surface area contributed by atoms with Crippen molar-refractivity contribution in [3.63, 3.8) is 0 Å². The molecule has 0 aromatic rings. The molecule has 0 amide bonds. The lowest BCUT2D eigenvalue weighted by Gasteiger charge is -2.23. The molecule has 0 saturated carbocycles. The summed E-state index contributed by atoms with van der Waals surface area (Å²) in [5.41, 5.74) is 0. The van der Waals surface area contributed by atoms with E-state index >= 15 is 0 Å². The molecule has 0 spiro atoms. The quantitative estimate of drug-likeness (QED) is 0.400. The molecule has 1 aliphatic rings. The Bertz CT molecular complexity index is 282. The number of rotatable bonds is 11. The molecule has 3 N–H and O–H groups in total. The van der Waals surface area contributed by atoms with E-state index in [1.807, 2.05) is 6.08 Å². The highest BCUT2D eigenvalue weighted by Crippen LogP contribution is 2.19. The number of allylic oxidation sites excluding steroid dienone is 1. The van der Waals surface area contributed by atoms with Crippen LogP contribution < -0.4 is 0 Å². The summed E-state index contributed by atoms with van der Waals surface area (Å²) in [6.07, 6.45) is 8.74. The lowest BCUT2D eigenvalue weighted by Crippen LogP contribution is -2.41. The normalized spacial score (nSPS) is 27.3. The molecule has 0 unspecified atom stereocenters. The summed E-state index contributed by atoms with van der Waals surface area (Å²) in [7, 11) is 0. The van der Waals surface area contributed by atoms with E-state index in [9.17, 15) is 15.3 Å². The topological polar surface area (TPSA) is 79.2 Å².